The number of piperidine rings is 1. The van der Waals surface area contributed by atoms with E-state index < -0.39 is 0 Å². The predicted octanol–water partition coefficient (Wildman–Crippen LogP) is 0.712. The van der Waals surface area contributed by atoms with Crippen LogP contribution in [0.15, 0.2) is 0 Å². The molecule has 0 spiro atoms. The van der Waals surface area contributed by atoms with Crippen LogP contribution in [-0.2, 0) is 4.74 Å². The molecule has 2 aliphatic heterocycles. The molecule has 2 fully saturated rings. The van der Waals surface area contributed by atoms with Gasteiger partial charge < -0.3 is 10.1 Å². The first kappa shape index (κ1) is 9.44. The fraction of sp³-hybridized carbons (Fsp3) is 1.00. The Morgan fingerprint density at radius 3 is 3.00 bits per heavy atom. The maximum absolute atomic E-state index is 5.51. The molecule has 3 nitrogen and oxygen atoms in total. The Labute approximate surface area is 80.2 Å². The summed E-state index contributed by atoms with van der Waals surface area (Å²) in [6.07, 6.45) is 5.47. The Morgan fingerprint density at radius 1 is 1.31 bits per heavy atom. The Balaban J connectivity index is 1.60. The third kappa shape index (κ3) is 2.93. The van der Waals surface area contributed by atoms with Crippen LogP contribution in [0.5, 0.6) is 0 Å². The van der Waals surface area contributed by atoms with E-state index >= 15 is 0 Å². The first-order chi connectivity index (χ1) is 6.45. The van der Waals surface area contributed by atoms with Gasteiger partial charge in [-0.25, -0.2) is 0 Å². The molecule has 0 saturated carbocycles. The minimum Gasteiger partial charge on any atom is -0.363 e. The van der Waals surface area contributed by atoms with Gasteiger partial charge in [-0.2, -0.15) is 0 Å². The van der Waals surface area contributed by atoms with Crippen molar-refractivity contribution in [2.24, 2.45) is 5.92 Å². The Morgan fingerprint density at radius 2 is 2.31 bits per heavy atom. The van der Waals surface area contributed by atoms with Crippen LogP contribution in [0.4, 0.5) is 0 Å². The van der Waals surface area contributed by atoms with Gasteiger partial charge in [0.25, 0.3) is 0 Å². The lowest BCUT2D eigenvalue weighted by Crippen LogP contribution is -2.39. The second kappa shape index (κ2) is 4.94. The van der Waals surface area contributed by atoms with Gasteiger partial charge in [0, 0.05) is 13.2 Å². The number of rotatable bonds is 3. The van der Waals surface area contributed by atoms with E-state index in [0.29, 0.717) is 6.23 Å². The van der Waals surface area contributed by atoms with E-state index in [9.17, 15) is 0 Å². The van der Waals surface area contributed by atoms with E-state index in [0.717, 1.165) is 19.1 Å². The lowest BCUT2D eigenvalue weighted by Gasteiger charge is -2.24. The molecule has 2 rings (SSSR count). The molecular formula is C10H20N2O. The summed E-state index contributed by atoms with van der Waals surface area (Å²) >= 11 is 0. The highest BCUT2D eigenvalue weighted by Crippen LogP contribution is 2.12. The first-order valence-electron chi connectivity index (χ1n) is 5.51. The van der Waals surface area contributed by atoms with Crippen molar-refractivity contribution >= 4 is 0 Å². The molecule has 76 valence electrons. The van der Waals surface area contributed by atoms with Crippen LogP contribution in [0, 0.1) is 5.92 Å². The monoisotopic (exact) mass is 184 g/mol. The van der Waals surface area contributed by atoms with Crippen molar-refractivity contribution in [1.82, 2.24) is 10.6 Å². The van der Waals surface area contributed by atoms with Crippen molar-refractivity contribution in [3.8, 4) is 0 Å². The lowest BCUT2D eigenvalue weighted by atomic mass is 10.00. The van der Waals surface area contributed by atoms with Crippen molar-refractivity contribution in [2.75, 3.05) is 26.2 Å². The van der Waals surface area contributed by atoms with E-state index in [2.05, 4.69) is 10.6 Å². The van der Waals surface area contributed by atoms with Gasteiger partial charge in [-0.3, -0.25) is 5.32 Å². The third-order valence-corrected chi connectivity index (χ3v) is 2.96. The molecule has 0 amide bonds. The largest absolute Gasteiger partial charge is 0.363 e. The van der Waals surface area contributed by atoms with Crippen LogP contribution < -0.4 is 10.6 Å². The van der Waals surface area contributed by atoms with E-state index in [-0.39, 0.29) is 0 Å². The van der Waals surface area contributed by atoms with Gasteiger partial charge in [0.15, 0.2) is 0 Å². The standard InChI is InChI=1S/C10H20N2O/c1-3-9(7-11-5-1)8-12-10-4-2-6-13-10/h9-12H,1-8H2. The van der Waals surface area contributed by atoms with Crippen molar-refractivity contribution in [1.29, 1.82) is 0 Å². The minimum atomic E-state index is 0.349. The van der Waals surface area contributed by atoms with E-state index in [1.54, 1.807) is 0 Å². The summed E-state index contributed by atoms with van der Waals surface area (Å²) in [6, 6.07) is 0. The van der Waals surface area contributed by atoms with E-state index in [4.69, 9.17) is 4.74 Å². The minimum absolute atomic E-state index is 0.349. The summed E-state index contributed by atoms with van der Waals surface area (Å²) in [7, 11) is 0. The molecular weight excluding hydrogens is 164 g/mol. The Kier molecular flexibility index (Phi) is 3.58. The van der Waals surface area contributed by atoms with Gasteiger partial charge in [-0.05, 0) is 44.7 Å². The van der Waals surface area contributed by atoms with Crippen LogP contribution in [0.25, 0.3) is 0 Å². The van der Waals surface area contributed by atoms with Gasteiger partial charge in [0.2, 0.25) is 0 Å². The highest BCUT2D eigenvalue weighted by atomic mass is 16.5. The zero-order chi connectivity index (χ0) is 8.93. The molecule has 2 heterocycles. The summed E-state index contributed by atoms with van der Waals surface area (Å²) in [5.74, 6) is 0.818. The summed E-state index contributed by atoms with van der Waals surface area (Å²) in [5.41, 5.74) is 0. The number of hydrogen-bond donors (Lipinski definition) is 2. The molecule has 0 aliphatic carbocycles. The fourth-order valence-corrected chi connectivity index (χ4v) is 2.13. The van der Waals surface area contributed by atoms with Crippen LogP contribution in [0.3, 0.4) is 0 Å². The van der Waals surface area contributed by atoms with Crippen molar-refractivity contribution in [3.05, 3.63) is 0 Å². The lowest BCUT2D eigenvalue weighted by molar-refractivity contribution is 0.0792. The van der Waals surface area contributed by atoms with Crippen LogP contribution in [-0.4, -0.2) is 32.5 Å². The molecule has 0 aromatic heterocycles. The molecule has 0 radical (unpaired) electrons. The van der Waals surface area contributed by atoms with Gasteiger partial charge >= 0.3 is 0 Å². The van der Waals surface area contributed by atoms with E-state index in [1.165, 1.54) is 38.8 Å². The number of ether oxygens (including phenoxy) is 1. The molecule has 3 heteroatoms. The number of nitrogens with one attached hydrogen (secondary N) is 2. The molecule has 0 bridgehead atoms. The van der Waals surface area contributed by atoms with Crippen LogP contribution in [0.2, 0.25) is 0 Å². The van der Waals surface area contributed by atoms with Crippen LogP contribution >= 0.6 is 0 Å². The van der Waals surface area contributed by atoms with Crippen molar-refractivity contribution in [3.63, 3.8) is 0 Å². The van der Waals surface area contributed by atoms with Crippen molar-refractivity contribution in [2.45, 2.75) is 31.9 Å². The maximum Gasteiger partial charge on any atom is 0.108 e. The summed E-state index contributed by atoms with van der Waals surface area (Å²) in [6.45, 7) is 4.45. The second-order valence-electron chi connectivity index (χ2n) is 4.12. The topological polar surface area (TPSA) is 33.3 Å². The zero-order valence-electron chi connectivity index (χ0n) is 8.22. The molecule has 2 saturated heterocycles. The van der Waals surface area contributed by atoms with Gasteiger partial charge in [0.05, 0.1) is 0 Å². The molecule has 2 atom stereocenters. The molecule has 0 aromatic rings. The first-order valence-corrected chi connectivity index (χ1v) is 5.51. The van der Waals surface area contributed by atoms with Gasteiger partial charge in [0.1, 0.15) is 6.23 Å². The SMILES string of the molecule is C1CNCC(CNC2CCCO2)C1. The van der Waals surface area contributed by atoms with Gasteiger partial charge in [-0.15, -0.1) is 0 Å². The average Bonchev–Trinajstić information content (AvgIpc) is 2.69. The highest BCUT2D eigenvalue weighted by molar-refractivity contribution is 4.72. The molecule has 13 heavy (non-hydrogen) atoms. The summed E-state index contributed by atoms with van der Waals surface area (Å²) in [4.78, 5) is 0. The average molecular weight is 184 g/mol. The number of hydrogen-bond acceptors (Lipinski definition) is 3. The normalized spacial score (nSPS) is 35.1. The Hall–Kier alpha value is -0.120. The molecule has 0 aromatic carbocycles. The zero-order valence-corrected chi connectivity index (χ0v) is 8.22. The second-order valence-corrected chi connectivity index (χ2v) is 4.12. The predicted molar refractivity (Wildman–Crippen MR) is 52.6 cm³/mol. The fourth-order valence-electron chi connectivity index (χ4n) is 2.13. The van der Waals surface area contributed by atoms with E-state index in [1.807, 2.05) is 0 Å². The Bertz CT molecular complexity index is 140. The summed E-state index contributed by atoms with van der Waals surface area (Å²) in [5, 5.41) is 6.92. The maximum atomic E-state index is 5.51. The third-order valence-electron chi connectivity index (χ3n) is 2.96. The highest BCUT2D eigenvalue weighted by Gasteiger charge is 2.18. The van der Waals surface area contributed by atoms with Gasteiger partial charge in [-0.1, -0.05) is 0 Å². The molecule has 2 aliphatic rings. The summed E-state index contributed by atoms with van der Waals surface area (Å²) < 4.78 is 5.51. The quantitative estimate of drug-likeness (QED) is 0.678. The molecule has 2 unspecified atom stereocenters. The molecule has 2 N–H and O–H groups in total. The van der Waals surface area contributed by atoms with Crippen molar-refractivity contribution < 1.29 is 4.74 Å². The smallest absolute Gasteiger partial charge is 0.108 e. The van der Waals surface area contributed by atoms with Crippen LogP contribution in [0.1, 0.15) is 25.7 Å².